The van der Waals surface area contributed by atoms with Gasteiger partial charge in [0.25, 0.3) is 11.5 Å². The number of H-pyrrole nitrogens is 1. The number of hydrogen-bond acceptors (Lipinski definition) is 5. The predicted octanol–water partition coefficient (Wildman–Crippen LogP) is 2.39. The van der Waals surface area contributed by atoms with Crippen molar-refractivity contribution < 1.29 is 9.59 Å². The topological polar surface area (TPSA) is 122 Å². The molecule has 9 nitrogen and oxygen atoms in total. The van der Waals surface area contributed by atoms with Crippen molar-refractivity contribution in [3.8, 4) is 0 Å². The van der Waals surface area contributed by atoms with Crippen molar-refractivity contribution in [3.63, 3.8) is 0 Å². The molecule has 0 aliphatic heterocycles. The second-order valence-electron chi connectivity index (χ2n) is 7.49. The Morgan fingerprint density at radius 1 is 1.09 bits per heavy atom. The number of nitrogens with one attached hydrogen (secondary N) is 3. The highest BCUT2D eigenvalue weighted by atomic mass is 35.5. The lowest BCUT2D eigenvalue weighted by Gasteiger charge is -2.09. The van der Waals surface area contributed by atoms with Crippen LogP contribution in [0.2, 0.25) is 5.02 Å². The third-order valence-electron chi connectivity index (χ3n) is 5.02. The van der Waals surface area contributed by atoms with Gasteiger partial charge in [-0.1, -0.05) is 17.7 Å². The van der Waals surface area contributed by atoms with Gasteiger partial charge in [-0.05, 0) is 35.9 Å². The normalized spacial score (nSPS) is 10.8. The first kappa shape index (κ1) is 22.2. The number of amides is 2. The molecule has 10 heteroatoms. The van der Waals surface area contributed by atoms with Gasteiger partial charge in [-0.3, -0.25) is 24.5 Å². The lowest BCUT2D eigenvalue weighted by molar-refractivity contribution is -0.119. The van der Waals surface area contributed by atoms with E-state index < -0.39 is 0 Å². The van der Waals surface area contributed by atoms with Crippen molar-refractivity contribution in [2.75, 3.05) is 0 Å². The monoisotopic (exact) mass is 464 g/mol. The molecule has 0 aliphatic carbocycles. The van der Waals surface area contributed by atoms with E-state index in [-0.39, 0.29) is 30.5 Å². The van der Waals surface area contributed by atoms with E-state index >= 15 is 0 Å². The summed E-state index contributed by atoms with van der Waals surface area (Å²) in [6.07, 6.45) is 3.16. The number of nitrogens with zero attached hydrogens (tertiary/aromatic N) is 3. The van der Waals surface area contributed by atoms with E-state index in [0.717, 1.165) is 16.5 Å². The van der Waals surface area contributed by atoms with E-state index in [9.17, 15) is 14.4 Å². The Labute approximate surface area is 193 Å². The maximum absolute atomic E-state index is 12.7. The van der Waals surface area contributed by atoms with Gasteiger partial charge in [0.15, 0.2) is 0 Å². The van der Waals surface area contributed by atoms with Crippen LogP contribution in [0.1, 0.15) is 34.2 Å². The molecule has 33 heavy (non-hydrogen) atoms. The first-order valence-corrected chi connectivity index (χ1v) is 10.6. The van der Waals surface area contributed by atoms with Crippen LogP contribution in [0, 0.1) is 0 Å². The SMILES string of the molecule is CC(=O)NCc1ccc(Cn2cc(C(=O)NCc3n[nH]c4ccc(Cl)cc34)ccc2=O)cn1. The summed E-state index contributed by atoms with van der Waals surface area (Å²) in [5, 5.41) is 14.1. The Morgan fingerprint density at radius 2 is 1.94 bits per heavy atom. The molecule has 0 saturated carbocycles. The summed E-state index contributed by atoms with van der Waals surface area (Å²) in [6.45, 7) is 2.24. The Hall–Kier alpha value is -3.98. The fourth-order valence-electron chi connectivity index (χ4n) is 3.30. The zero-order valence-electron chi connectivity index (χ0n) is 17.8. The molecular formula is C23H21ClN6O3. The van der Waals surface area contributed by atoms with E-state index in [4.69, 9.17) is 11.6 Å². The summed E-state index contributed by atoms with van der Waals surface area (Å²) in [4.78, 5) is 40.3. The van der Waals surface area contributed by atoms with Crippen molar-refractivity contribution in [1.82, 2.24) is 30.4 Å². The lowest BCUT2D eigenvalue weighted by Crippen LogP contribution is -2.26. The number of rotatable bonds is 7. The van der Waals surface area contributed by atoms with Gasteiger partial charge in [0, 0.05) is 35.8 Å². The Morgan fingerprint density at radius 3 is 2.70 bits per heavy atom. The predicted molar refractivity (Wildman–Crippen MR) is 124 cm³/mol. The van der Waals surface area contributed by atoms with Gasteiger partial charge in [-0.15, -0.1) is 0 Å². The second-order valence-corrected chi connectivity index (χ2v) is 7.93. The number of fused-ring (bicyclic) bond motifs is 1. The van der Waals surface area contributed by atoms with E-state index in [0.29, 0.717) is 28.5 Å². The molecule has 0 atom stereocenters. The average molecular weight is 465 g/mol. The summed E-state index contributed by atoms with van der Waals surface area (Å²) in [6, 6.07) is 11.8. The first-order chi connectivity index (χ1) is 15.9. The highest BCUT2D eigenvalue weighted by molar-refractivity contribution is 6.31. The molecular weight excluding hydrogens is 444 g/mol. The van der Waals surface area contributed by atoms with Crippen LogP contribution in [0.3, 0.4) is 0 Å². The van der Waals surface area contributed by atoms with Crippen molar-refractivity contribution in [3.05, 3.63) is 92.7 Å². The van der Waals surface area contributed by atoms with Crippen LogP contribution in [0.25, 0.3) is 10.9 Å². The fraction of sp³-hybridized carbons (Fsp3) is 0.174. The number of carbonyl (C=O) groups is 2. The van der Waals surface area contributed by atoms with Crippen molar-refractivity contribution in [1.29, 1.82) is 0 Å². The molecule has 2 amide bonds. The molecule has 3 heterocycles. The van der Waals surface area contributed by atoms with Crippen LogP contribution in [0.15, 0.2) is 59.7 Å². The zero-order valence-corrected chi connectivity index (χ0v) is 18.5. The summed E-state index contributed by atoms with van der Waals surface area (Å²) in [5.74, 6) is -0.461. The molecule has 0 aliphatic rings. The van der Waals surface area contributed by atoms with Crippen molar-refractivity contribution in [2.24, 2.45) is 0 Å². The molecule has 0 unspecified atom stereocenters. The molecule has 0 radical (unpaired) electrons. The number of pyridine rings is 2. The number of hydrogen-bond donors (Lipinski definition) is 3. The van der Waals surface area contributed by atoms with Crippen LogP contribution in [-0.4, -0.2) is 31.6 Å². The molecule has 0 bridgehead atoms. The summed E-state index contributed by atoms with van der Waals surface area (Å²) >= 11 is 6.06. The molecule has 168 valence electrons. The fourth-order valence-corrected chi connectivity index (χ4v) is 3.47. The van der Waals surface area contributed by atoms with Crippen molar-refractivity contribution >= 4 is 34.3 Å². The van der Waals surface area contributed by atoms with Crippen molar-refractivity contribution in [2.45, 2.75) is 26.6 Å². The number of aromatic amines is 1. The van der Waals surface area contributed by atoms with Gasteiger partial charge >= 0.3 is 0 Å². The number of aromatic nitrogens is 4. The minimum atomic E-state index is -0.328. The highest BCUT2D eigenvalue weighted by Crippen LogP contribution is 2.20. The molecule has 0 saturated heterocycles. The minimum Gasteiger partial charge on any atom is -0.351 e. The molecule has 4 rings (SSSR count). The molecule has 0 fully saturated rings. The smallest absolute Gasteiger partial charge is 0.253 e. The van der Waals surface area contributed by atoms with Crippen LogP contribution < -0.4 is 16.2 Å². The van der Waals surface area contributed by atoms with E-state index in [1.807, 2.05) is 12.1 Å². The number of benzene rings is 1. The molecule has 0 spiro atoms. The number of halogens is 1. The third-order valence-corrected chi connectivity index (χ3v) is 5.26. The van der Waals surface area contributed by atoms with Gasteiger partial charge in [0.2, 0.25) is 5.91 Å². The Balaban J connectivity index is 1.44. The van der Waals surface area contributed by atoms with E-state index in [2.05, 4.69) is 25.8 Å². The van der Waals surface area contributed by atoms with Gasteiger partial charge < -0.3 is 15.2 Å². The Kier molecular flexibility index (Phi) is 6.50. The van der Waals surface area contributed by atoms with Gasteiger partial charge in [-0.2, -0.15) is 5.10 Å². The maximum Gasteiger partial charge on any atom is 0.253 e. The molecule has 1 aromatic carbocycles. The Bertz CT molecular complexity index is 1380. The first-order valence-electron chi connectivity index (χ1n) is 10.2. The minimum absolute atomic E-state index is 0.133. The van der Waals surface area contributed by atoms with Crippen LogP contribution in [-0.2, 0) is 24.4 Å². The molecule has 4 aromatic rings. The van der Waals surface area contributed by atoms with Crippen LogP contribution >= 0.6 is 11.6 Å². The van der Waals surface area contributed by atoms with Gasteiger partial charge in [0.1, 0.15) is 0 Å². The van der Waals surface area contributed by atoms with Gasteiger partial charge in [0.05, 0.1) is 42.1 Å². The maximum atomic E-state index is 12.7. The second kappa shape index (κ2) is 9.66. The van der Waals surface area contributed by atoms with E-state index in [1.54, 1.807) is 24.4 Å². The van der Waals surface area contributed by atoms with Crippen LogP contribution in [0.5, 0.6) is 0 Å². The summed E-state index contributed by atoms with van der Waals surface area (Å²) < 4.78 is 1.45. The molecule has 3 aromatic heterocycles. The number of carbonyl (C=O) groups excluding carboxylic acids is 2. The zero-order chi connectivity index (χ0) is 23.4. The largest absolute Gasteiger partial charge is 0.351 e. The van der Waals surface area contributed by atoms with Crippen LogP contribution in [0.4, 0.5) is 0 Å². The molecule has 3 N–H and O–H groups in total. The lowest BCUT2D eigenvalue weighted by atomic mass is 10.2. The average Bonchev–Trinajstić information content (AvgIpc) is 3.20. The highest BCUT2D eigenvalue weighted by Gasteiger charge is 2.11. The quantitative estimate of drug-likeness (QED) is 0.387. The third kappa shape index (κ3) is 5.45. The standard InChI is InChI=1S/C23H21ClN6O3/c1-14(31)25-10-18-5-2-15(9-26-18)12-30-13-16(3-7-22(30)32)23(33)27-11-21-19-8-17(24)4-6-20(19)28-29-21/h2-9,13H,10-12H2,1H3,(H,25,31)(H,27,33)(H,28,29). The van der Waals surface area contributed by atoms with E-state index in [1.165, 1.54) is 29.8 Å². The summed E-state index contributed by atoms with van der Waals surface area (Å²) in [5.41, 5.74) is 3.11. The summed E-state index contributed by atoms with van der Waals surface area (Å²) in [7, 11) is 0. The van der Waals surface area contributed by atoms with Gasteiger partial charge in [-0.25, -0.2) is 0 Å².